The molecule has 18 heavy (non-hydrogen) atoms. The highest BCUT2D eigenvalue weighted by Gasteiger charge is 2.15. The monoisotopic (exact) mass is 272 g/mol. The second-order valence-corrected chi connectivity index (χ2v) is 4.63. The number of aromatic nitrogens is 2. The largest absolute Gasteiger partial charge is 0.351 e. The summed E-state index contributed by atoms with van der Waals surface area (Å²) in [6, 6.07) is 2.38. The minimum Gasteiger partial charge on any atom is -0.351 e. The van der Waals surface area contributed by atoms with Gasteiger partial charge in [-0.2, -0.15) is 5.10 Å². The summed E-state index contributed by atoms with van der Waals surface area (Å²) in [5.41, 5.74) is 1.50. The van der Waals surface area contributed by atoms with Gasteiger partial charge in [-0.3, -0.25) is 9.48 Å². The van der Waals surface area contributed by atoms with E-state index >= 15 is 0 Å². The Balaban J connectivity index is 0.00000162. The molecule has 1 fully saturated rings. The first kappa shape index (κ1) is 15.0. The Hall–Kier alpha value is -1.07. The zero-order chi connectivity index (χ0) is 12.3. The minimum absolute atomic E-state index is 0. The molecule has 1 atom stereocenters. The molecular weight excluding hydrogens is 252 g/mol. The summed E-state index contributed by atoms with van der Waals surface area (Å²) in [6.07, 6.45) is 3.47. The molecule has 1 aliphatic rings. The van der Waals surface area contributed by atoms with Crippen LogP contribution in [0.25, 0.3) is 0 Å². The Labute approximate surface area is 114 Å². The topological polar surface area (TPSA) is 59.0 Å². The minimum atomic E-state index is -0.0771. The van der Waals surface area contributed by atoms with Crippen molar-refractivity contribution >= 4 is 18.3 Å². The van der Waals surface area contributed by atoms with Crippen LogP contribution in [0.3, 0.4) is 0 Å². The molecule has 2 rings (SSSR count). The van der Waals surface area contributed by atoms with Crippen LogP contribution in [0.2, 0.25) is 0 Å². The van der Waals surface area contributed by atoms with Gasteiger partial charge in [0.15, 0.2) is 0 Å². The number of halogens is 1. The molecule has 1 aliphatic heterocycles. The first-order valence-electron chi connectivity index (χ1n) is 6.19. The molecule has 0 aliphatic carbocycles. The van der Waals surface area contributed by atoms with Gasteiger partial charge in [0.05, 0.1) is 0 Å². The molecule has 1 amide bonds. The smallest absolute Gasteiger partial charge is 0.271 e. The Morgan fingerprint density at radius 1 is 1.67 bits per heavy atom. The SMILES string of the molecule is Cc1cc(C(=O)NCC[C@H]2CCCN2)nn1C.Cl. The molecule has 1 saturated heterocycles. The number of nitrogens with one attached hydrogen (secondary N) is 2. The number of rotatable bonds is 4. The van der Waals surface area contributed by atoms with Gasteiger partial charge in [-0.15, -0.1) is 12.4 Å². The van der Waals surface area contributed by atoms with Crippen molar-refractivity contribution in [3.8, 4) is 0 Å². The van der Waals surface area contributed by atoms with E-state index in [1.54, 1.807) is 4.68 Å². The van der Waals surface area contributed by atoms with E-state index in [1.807, 2.05) is 20.0 Å². The number of carbonyl (C=O) groups excluding carboxylic acids is 1. The van der Waals surface area contributed by atoms with E-state index < -0.39 is 0 Å². The predicted molar refractivity (Wildman–Crippen MR) is 73.2 cm³/mol. The van der Waals surface area contributed by atoms with Crippen LogP contribution in [-0.4, -0.2) is 34.8 Å². The van der Waals surface area contributed by atoms with Crippen LogP contribution in [0.15, 0.2) is 6.07 Å². The van der Waals surface area contributed by atoms with Gasteiger partial charge in [-0.25, -0.2) is 0 Å². The maximum atomic E-state index is 11.8. The van der Waals surface area contributed by atoms with Gasteiger partial charge in [0.1, 0.15) is 5.69 Å². The molecule has 0 unspecified atom stereocenters. The third kappa shape index (κ3) is 3.71. The summed E-state index contributed by atoms with van der Waals surface area (Å²) >= 11 is 0. The van der Waals surface area contributed by atoms with Crippen LogP contribution >= 0.6 is 12.4 Å². The molecule has 1 aromatic heterocycles. The third-order valence-electron chi connectivity index (χ3n) is 3.29. The lowest BCUT2D eigenvalue weighted by Gasteiger charge is -2.09. The van der Waals surface area contributed by atoms with Crippen LogP contribution in [-0.2, 0) is 7.05 Å². The van der Waals surface area contributed by atoms with Crippen molar-refractivity contribution in [3.63, 3.8) is 0 Å². The fraction of sp³-hybridized carbons (Fsp3) is 0.667. The van der Waals surface area contributed by atoms with E-state index in [0.717, 1.165) is 18.7 Å². The number of aryl methyl sites for hydroxylation is 2. The van der Waals surface area contributed by atoms with Crippen molar-refractivity contribution in [2.75, 3.05) is 13.1 Å². The molecule has 6 heteroatoms. The van der Waals surface area contributed by atoms with Crippen LogP contribution in [0.4, 0.5) is 0 Å². The summed E-state index contributed by atoms with van der Waals surface area (Å²) in [7, 11) is 1.84. The number of carbonyl (C=O) groups is 1. The number of hydrogen-bond donors (Lipinski definition) is 2. The fourth-order valence-corrected chi connectivity index (χ4v) is 2.13. The van der Waals surface area contributed by atoms with E-state index in [1.165, 1.54) is 12.8 Å². The molecule has 1 aromatic rings. The highest BCUT2D eigenvalue weighted by atomic mass is 35.5. The van der Waals surface area contributed by atoms with Gasteiger partial charge in [-0.1, -0.05) is 0 Å². The molecule has 0 bridgehead atoms. The summed E-state index contributed by atoms with van der Waals surface area (Å²) in [4.78, 5) is 11.8. The second kappa shape index (κ2) is 6.75. The van der Waals surface area contributed by atoms with Gasteiger partial charge in [0, 0.05) is 25.3 Å². The lowest BCUT2D eigenvalue weighted by atomic mass is 10.1. The first-order valence-corrected chi connectivity index (χ1v) is 6.19. The molecule has 2 N–H and O–H groups in total. The van der Waals surface area contributed by atoms with Crippen molar-refractivity contribution in [2.24, 2.45) is 7.05 Å². The van der Waals surface area contributed by atoms with Crippen molar-refractivity contribution < 1.29 is 4.79 Å². The van der Waals surface area contributed by atoms with Gasteiger partial charge < -0.3 is 10.6 Å². The van der Waals surface area contributed by atoms with Crippen LogP contribution in [0.5, 0.6) is 0 Å². The molecule has 0 spiro atoms. The fourth-order valence-electron chi connectivity index (χ4n) is 2.13. The van der Waals surface area contributed by atoms with Crippen molar-refractivity contribution in [1.29, 1.82) is 0 Å². The van der Waals surface area contributed by atoms with Crippen LogP contribution in [0.1, 0.15) is 35.4 Å². The normalized spacial score (nSPS) is 18.4. The standard InChI is InChI=1S/C12H20N4O.ClH/c1-9-8-11(15-16(9)2)12(17)14-7-5-10-4-3-6-13-10;/h8,10,13H,3-7H2,1-2H3,(H,14,17);1H/t10-;/m1./s1. The van der Waals surface area contributed by atoms with Gasteiger partial charge in [0.25, 0.3) is 5.91 Å². The summed E-state index contributed by atoms with van der Waals surface area (Å²) in [5, 5.41) is 10.5. The van der Waals surface area contributed by atoms with Crippen molar-refractivity contribution in [1.82, 2.24) is 20.4 Å². The molecule has 5 nitrogen and oxygen atoms in total. The van der Waals surface area contributed by atoms with Gasteiger partial charge in [0.2, 0.25) is 0 Å². The average Bonchev–Trinajstić information content (AvgIpc) is 2.90. The van der Waals surface area contributed by atoms with E-state index in [0.29, 0.717) is 18.3 Å². The Morgan fingerprint density at radius 2 is 2.44 bits per heavy atom. The van der Waals surface area contributed by atoms with Crippen molar-refractivity contribution in [2.45, 2.75) is 32.2 Å². The second-order valence-electron chi connectivity index (χ2n) is 4.63. The molecule has 102 valence electrons. The lowest BCUT2D eigenvalue weighted by molar-refractivity contribution is 0.0946. The molecule has 2 heterocycles. The Bertz CT molecular complexity index is 379. The van der Waals surface area contributed by atoms with Gasteiger partial charge in [-0.05, 0) is 38.8 Å². The predicted octanol–water partition coefficient (Wildman–Crippen LogP) is 1.02. The zero-order valence-electron chi connectivity index (χ0n) is 10.9. The first-order chi connectivity index (χ1) is 8.16. The summed E-state index contributed by atoms with van der Waals surface area (Å²) in [5.74, 6) is -0.0771. The Kier molecular flexibility index (Phi) is 5.62. The van der Waals surface area contributed by atoms with E-state index in [4.69, 9.17) is 0 Å². The van der Waals surface area contributed by atoms with E-state index in [2.05, 4.69) is 15.7 Å². The zero-order valence-corrected chi connectivity index (χ0v) is 11.7. The quantitative estimate of drug-likeness (QED) is 0.861. The maximum Gasteiger partial charge on any atom is 0.271 e. The summed E-state index contributed by atoms with van der Waals surface area (Å²) in [6.45, 7) is 3.76. The maximum absolute atomic E-state index is 11.8. The third-order valence-corrected chi connectivity index (χ3v) is 3.29. The average molecular weight is 273 g/mol. The number of nitrogens with zero attached hydrogens (tertiary/aromatic N) is 2. The molecule has 0 aromatic carbocycles. The highest BCUT2D eigenvalue weighted by Crippen LogP contribution is 2.07. The number of hydrogen-bond acceptors (Lipinski definition) is 3. The molecule has 0 radical (unpaired) electrons. The van der Waals surface area contributed by atoms with E-state index in [9.17, 15) is 4.79 Å². The van der Waals surface area contributed by atoms with Crippen LogP contribution < -0.4 is 10.6 Å². The highest BCUT2D eigenvalue weighted by molar-refractivity contribution is 5.92. The van der Waals surface area contributed by atoms with Crippen molar-refractivity contribution in [3.05, 3.63) is 17.5 Å². The van der Waals surface area contributed by atoms with E-state index in [-0.39, 0.29) is 18.3 Å². The molecular formula is C12H21ClN4O. The summed E-state index contributed by atoms with van der Waals surface area (Å²) < 4.78 is 1.72. The van der Waals surface area contributed by atoms with Gasteiger partial charge >= 0.3 is 0 Å². The Morgan fingerprint density at radius 3 is 3.00 bits per heavy atom. The number of amides is 1. The van der Waals surface area contributed by atoms with Crippen LogP contribution in [0, 0.1) is 6.92 Å². The molecule has 0 saturated carbocycles. The lowest BCUT2D eigenvalue weighted by Crippen LogP contribution is -2.30.